The number of aliphatic carboxylic acids is 1. The quantitative estimate of drug-likeness (QED) is 0.254. The average molecular weight is 378 g/mol. The molecule has 0 spiro atoms. The van der Waals surface area contributed by atoms with E-state index in [2.05, 4.69) is 4.72 Å². The van der Waals surface area contributed by atoms with Gasteiger partial charge in [-0.1, -0.05) is 6.42 Å². The second-order valence-electron chi connectivity index (χ2n) is 7.78. The lowest BCUT2D eigenvalue weighted by Crippen LogP contribution is -2.56. The molecule has 25 heavy (non-hydrogen) atoms. The van der Waals surface area contributed by atoms with Crippen molar-refractivity contribution < 1.29 is 28.4 Å². The number of carbonyl (C=O) groups is 1. The third-order valence-electron chi connectivity index (χ3n) is 5.55. The first-order chi connectivity index (χ1) is 11.2. The van der Waals surface area contributed by atoms with Crippen LogP contribution in [-0.2, 0) is 15.0 Å². The first kappa shape index (κ1) is 20.6. The molecule has 4 atom stereocenters. The highest BCUT2D eigenvalue weighted by Crippen LogP contribution is 2.45. The third kappa shape index (κ3) is 4.00. The Morgan fingerprint density at radius 3 is 2.36 bits per heavy atom. The summed E-state index contributed by atoms with van der Waals surface area (Å²) in [6.45, 7) is 3.05. The fourth-order valence-corrected chi connectivity index (χ4v) is 5.17. The average Bonchev–Trinajstić information content (AvgIpc) is 2.76. The molecule has 0 aromatic carbocycles. The predicted molar refractivity (Wildman–Crippen MR) is 91.5 cm³/mol. The molecular formula is C13H27BN4O6S. The van der Waals surface area contributed by atoms with Gasteiger partial charge in [-0.25, -0.2) is 0 Å². The van der Waals surface area contributed by atoms with Gasteiger partial charge in [-0.2, -0.15) is 17.4 Å². The van der Waals surface area contributed by atoms with E-state index in [0.29, 0.717) is 12.8 Å². The Kier molecular flexibility index (Phi) is 5.30. The summed E-state index contributed by atoms with van der Waals surface area (Å²) < 4.78 is 28.9. The van der Waals surface area contributed by atoms with Crippen LogP contribution < -0.4 is 16.2 Å². The molecule has 8 N–H and O–H groups in total. The summed E-state index contributed by atoms with van der Waals surface area (Å²) in [5.41, 5.74) is 8.82. The zero-order valence-electron chi connectivity index (χ0n) is 14.5. The number of carboxylic acids is 1. The molecule has 1 heterocycles. The van der Waals surface area contributed by atoms with Gasteiger partial charge in [-0.05, 0) is 33.0 Å². The summed E-state index contributed by atoms with van der Waals surface area (Å²) >= 11 is 0. The number of nitrogens with two attached hydrogens (primary N) is 2. The Morgan fingerprint density at radius 1 is 1.36 bits per heavy atom. The summed E-state index contributed by atoms with van der Waals surface area (Å²) in [5, 5.41) is 27.3. The molecule has 1 saturated carbocycles. The molecule has 0 aromatic heterocycles. The van der Waals surface area contributed by atoms with Crippen LogP contribution in [0.2, 0.25) is 6.32 Å². The lowest BCUT2D eigenvalue weighted by atomic mass is 9.78. The van der Waals surface area contributed by atoms with Crippen LogP contribution in [0.25, 0.3) is 0 Å². The molecule has 0 aromatic rings. The molecule has 2 fully saturated rings. The van der Waals surface area contributed by atoms with Crippen LogP contribution in [0.1, 0.15) is 33.1 Å². The Labute approximate surface area is 147 Å². The predicted octanol–water partition coefficient (Wildman–Crippen LogP) is -2.33. The minimum Gasteiger partial charge on any atom is -0.480 e. The van der Waals surface area contributed by atoms with Gasteiger partial charge in [0.1, 0.15) is 5.54 Å². The van der Waals surface area contributed by atoms with Crippen LogP contribution in [0.3, 0.4) is 0 Å². The van der Waals surface area contributed by atoms with Crippen molar-refractivity contribution in [2.75, 3.05) is 13.1 Å². The van der Waals surface area contributed by atoms with Gasteiger partial charge in [0, 0.05) is 24.5 Å². The second kappa shape index (κ2) is 6.45. The van der Waals surface area contributed by atoms with Crippen molar-refractivity contribution in [1.82, 2.24) is 9.03 Å². The van der Waals surface area contributed by atoms with Crippen molar-refractivity contribution in [2.45, 2.75) is 56.0 Å². The SMILES string of the molecule is C[C@@]1(NS(=O)(=O)N2C[C@H](CCCB(O)O)[C@](N)(C(=O)O)C2)C[C@@]1(C)N. The third-order valence-corrected chi connectivity index (χ3v) is 7.22. The van der Waals surface area contributed by atoms with Crippen LogP contribution in [0.15, 0.2) is 0 Å². The Bertz CT molecular complexity index is 644. The van der Waals surface area contributed by atoms with Crippen molar-refractivity contribution in [3.8, 4) is 0 Å². The van der Waals surface area contributed by atoms with Gasteiger partial charge >= 0.3 is 13.1 Å². The van der Waals surface area contributed by atoms with E-state index in [1.165, 1.54) is 0 Å². The minimum absolute atomic E-state index is 0.0446. The van der Waals surface area contributed by atoms with Crippen molar-refractivity contribution in [3.63, 3.8) is 0 Å². The molecule has 1 aliphatic carbocycles. The molecule has 0 bridgehead atoms. The van der Waals surface area contributed by atoms with Crippen molar-refractivity contribution in [1.29, 1.82) is 0 Å². The maximum Gasteiger partial charge on any atom is 0.451 e. The molecule has 0 amide bonds. The van der Waals surface area contributed by atoms with Crippen molar-refractivity contribution in [2.24, 2.45) is 17.4 Å². The Morgan fingerprint density at radius 2 is 1.92 bits per heavy atom. The molecule has 2 aliphatic rings. The molecule has 2 rings (SSSR count). The Hall–Kier alpha value is -0.755. The number of hydrogen-bond acceptors (Lipinski definition) is 7. The highest BCUT2D eigenvalue weighted by Gasteiger charge is 2.62. The Balaban J connectivity index is 2.11. The van der Waals surface area contributed by atoms with Crippen LogP contribution >= 0.6 is 0 Å². The largest absolute Gasteiger partial charge is 0.480 e. The summed E-state index contributed by atoms with van der Waals surface area (Å²) in [6, 6.07) is 0. The van der Waals surface area contributed by atoms with Crippen molar-refractivity contribution >= 4 is 23.3 Å². The minimum atomic E-state index is -3.94. The van der Waals surface area contributed by atoms with Gasteiger partial charge in [0.25, 0.3) is 10.2 Å². The van der Waals surface area contributed by atoms with E-state index in [1.54, 1.807) is 13.8 Å². The fraction of sp³-hybridized carbons (Fsp3) is 0.923. The summed E-state index contributed by atoms with van der Waals surface area (Å²) in [7, 11) is -5.43. The molecule has 1 saturated heterocycles. The topological polar surface area (TPSA) is 179 Å². The van der Waals surface area contributed by atoms with E-state index in [0.717, 1.165) is 4.31 Å². The van der Waals surface area contributed by atoms with E-state index < -0.39 is 45.8 Å². The number of nitrogens with zero attached hydrogens (tertiary/aromatic N) is 1. The van der Waals surface area contributed by atoms with E-state index in [1.807, 2.05) is 0 Å². The maximum atomic E-state index is 12.6. The zero-order valence-corrected chi connectivity index (χ0v) is 15.3. The number of rotatable bonds is 8. The fourth-order valence-electron chi connectivity index (χ4n) is 3.41. The molecule has 0 unspecified atom stereocenters. The molecule has 144 valence electrons. The molecule has 12 heteroatoms. The number of hydrogen-bond donors (Lipinski definition) is 6. The summed E-state index contributed by atoms with van der Waals surface area (Å²) in [6.07, 6.45) is 1.16. The maximum absolute atomic E-state index is 12.6. The monoisotopic (exact) mass is 378 g/mol. The van der Waals surface area contributed by atoms with Crippen molar-refractivity contribution in [3.05, 3.63) is 0 Å². The van der Waals surface area contributed by atoms with E-state index >= 15 is 0 Å². The lowest BCUT2D eigenvalue weighted by Gasteiger charge is -2.25. The van der Waals surface area contributed by atoms with Crippen LogP contribution in [0, 0.1) is 5.92 Å². The second-order valence-corrected chi connectivity index (χ2v) is 9.45. The molecule has 1 aliphatic heterocycles. The van der Waals surface area contributed by atoms with E-state index in [-0.39, 0.29) is 25.8 Å². The van der Waals surface area contributed by atoms with Gasteiger partial charge in [0.2, 0.25) is 0 Å². The summed E-state index contributed by atoms with van der Waals surface area (Å²) in [5.74, 6) is -1.90. The van der Waals surface area contributed by atoms with Gasteiger partial charge in [-0.3, -0.25) is 4.79 Å². The first-order valence-corrected chi connectivity index (χ1v) is 9.64. The van der Waals surface area contributed by atoms with Gasteiger partial charge in [0.05, 0.1) is 5.54 Å². The number of nitrogens with one attached hydrogen (secondary N) is 1. The van der Waals surface area contributed by atoms with Gasteiger partial charge < -0.3 is 26.6 Å². The molecule has 10 nitrogen and oxygen atoms in total. The van der Waals surface area contributed by atoms with Gasteiger partial charge in [0.15, 0.2) is 0 Å². The molecular weight excluding hydrogens is 351 g/mol. The normalized spacial score (nSPS) is 38.7. The van der Waals surface area contributed by atoms with E-state index in [4.69, 9.17) is 21.5 Å². The van der Waals surface area contributed by atoms with Gasteiger partial charge in [-0.15, -0.1) is 0 Å². The van der Waals surface area contributed by atoms with Crippen LogP contribution in [-0.4, -0.2) is 70.7 Å². The standard InChI is InChI=1S/C13H27BN4O6S/c1-11(15)7-12(11,2)17-25(23,24)18-6-9(4-3-5-14(21)22)13(16,8-18)10(19)20/h9,17,21-22H,3-8,15-16H2,1-2H3,(H,19,20)/t9-,11+,12+,13-/m0/s1. The lowest BCUT2D eigenvalue weighted by molar-refractivity contribution is -0.144. The smallest absolute Gasteiger partial charge is 0.451 e. The zero-order chi connectivity index (χ0) is 19.3. The molecule has 0 radical (unpaired) electrons. The summed E-state index contributed by atoms with van der Waals surface area (Å²) in [4.78, 5) is 11.6. The first-order valence-electron chi connectivity index (χ1n) is 8.20. The van der Waals surface area contributed by atoms with Crippen LogP contribution in [0.5, 0.6) is 0 Å². The van der Waals surface area contributed by atoms with E-state index in [9.17, 15) is 18.3 Å². The number of carboxylic acid groups (broad SMARTS) is 1. The van der Waals surface area contributed by atoms with Crippen LogP contribution in [0.4, 0.5) is 0 Å². The highest BCUT2D eigenvalue weighted by molar-refractivity contribution is 7.87. The highest BCUT2D eigenvalue weighted by atomic mass is 32.2.